The predicted molar refractivity (Wildman–Crippen MR) is 76.9 cm³/mol. The van der Waals surface area contributed by atoms with Crippen LogP contribution in [0.15, 0.2) is 42.7 Å². The van der Waals surface area contributed by atoms with E-state index in [0.717, 1.165) is 18.7 Å². The fraction of sp³-hybridized carbons (Fsp3) is 0.267. The van der Waals surface area contributed by atoms with Crippen LogP contribution in [0.5, 0.6) is 0 Å². The molecular formula is C15H17ClN2O. The third kappa shape index (κ3) is 4.03. The maximum Gasteiger partial charge on any atom is 0.0716 e. The SMILES string of the molecule is COCc1ccccc1CNCc1ccncc1Cl. The molecule has 1 aromatic carbocycles. The number of hydrogen-bond donors (Lipinski definition) is 1. The Morgan fingerprint density at radius 2 is 1.84 bits per heavy atom. The van der Waals surface area contributed by atoms with Gasteiger partial charge in [0.25, 0.3) is 0 Å². The third-order valence-corrected chi connectivity index (χ3v) is 3.25. The van der Waals surface area contributed by atoms with Crippen molar-refractivity contribution < 1.29 is 4.74 Å². The number of hydrogen-bond acceptors (Lipinski definition) is 3. The fourth-order valence-electron chi connectivity index (χ4n) is 1.91. The van der Waals surface area contributed by atoms with E-state index in [9.17, 15) is 0 Å². The molecule has 3 nitrogen and oxygen atoms in total. The molecule has 0 fully saturated rings. The topological polar surface area (TPSA) is 34.1 Å². The van der Waals surface area contributed by atoms with Crippen molar-refractivity contribution >= 4 is 11.6 Å². The summed E-state index contributed by atoms with van der Waals surface area (Å²) >= 11 is 6.06. The number of aromatic nitrogens is 1. The van der Waals surface area contributed by atoms with Gasteiger partial charge >= 0.3 is 0 Å². The van der Waals surface area contributed by atoms with E-state index < -0.39 is 0 Å². The number of pyridine rings is 1. The normalized spacial score (nSPS) is 10.6. The average molecular weight is 277 g/mol. The van der Waals surface area contributed by atoms with Crippen LogP contribution in [-0.4, -0.2) is 12.1 Å². The summed E-state index contributed by atoms with van der Waals surface area (Å²) < 4.78 is 5.20. The van der Waals surface area contributed by atoms with Crippen LogP contribution in [0, 0.1) is 0 Å². The summed E-state index contributed by atoms with van der Waals surface area (Å²) in [5, 5.41) is 4.08. The van der Waals surface area contributed by atoms with Gasteiger partial charge in [0.15, 0.2) is 0 Å². The molecule has 0 amide bonds. The van der Waals surface area contributed by atoms with E-state index in [2.05, 4.69) is 22.4 Å². The van der Waals surface area contributed by atoms with Gasteiger partial charge < -0.3 is 10.1 Å². The van der Waals surface area contributed by atoms with Crippen LogP contribution < -0.4 is 5.32 Å². The number of halogens is 1. The summed E-state index contributed by atoms with van der Waals surface area (Å²) in [6.45, 7) is 2.15. The molecule has 0 bridgehead atoms. The van der Waals surface area contributed by atoms with Crippen LogP contribution in [-0.2, 0) is 24.4 Å². The molecule has 0 saturated carbocycles. The molecule has 0 spiro atoms. The van der Waals surface area contributed by atoms with E-state index >= 15 is 0 Å². The maximum atomic E-state index is 6.06. The van der Waals surface area contributed by atoms with Crippen molar-refractivity contribution in [2.75, 3.05) is 7.11 Å². The molecule has 0 radical (unpaired) electrons. The minimum Gasteiger partial charge on any atom is -0.380 e. The minimum atomic E-state index is 0.633. The first-order valence-corrected chi connectivity index (χ1v) is 6.54. The molecule has 1 N–H and O–H groups in total. The molecule has 0 unspecified atom stereocenters. The Labute approximate surface area is 118 Å². The highest BCUT2D eigenvalue weighted by atomic mass is 35.5. The van der Waals surface area contributed by atoms with Crippen molar-refractivity contribution in [1.29, 1.82) is 0 Å². The Hall–Kier alpha value is -1.42. The lowest BCUT2D eigenvalue weighted by molar-refractivity contribution is 0.184. The Balaban J connectivity index is 1.94. The monoisotopic (exact) mass is 276 g/mol. The molecule has 0 aliphatic rings. The van der Waals surface area contributed by atoms with Crippen molar-refractivity contribution in [2.45, 2.75) is 19.7 Å². The highest BCUT2D eigenvalue weighted by Gasteiger charge is 2.02. The molecule has 0 aliphatic heterocycles. The summed E-state index contributed by atoms with van der Waals surface area (Å²) in [6, 6.07) is 10.2. The van der Waals surface area contributed by atoms with Crippen molar-refractivity contribution in [3.8, 4) is 0 Å². The van der Waals surface area contributed by atoms with E-state index in [-0.39, 0.29) is 0 Å². The van der Waals surface area contributed by atoms with Gasteiger partial charge in [-0.2, -0.15) is 0 Å². The lowest BCUT2D eigenvalue weighted by Gasteiger charge is -2.10. The van der Waals surface area contributed by atoms with Crippen molar-refractivity contribution in [3.63, 3.8) is 0 Å². The zero-order valence-electron chi connectivity index (χ0n) is 10.9. The first kappa shape index (κ1) is 14.0. The highest BCUT2D eigenvalue weighted by Crippen LogP contribution is 2.14. The number of ether oxygens (including phenoxy) is 1. The van der Waals surface area contributed by atoms with Crippen LogP contribution in [0.3, 0.4) is 0 Å². The highest BCUT2D eigenvalue weighted by molar-refractivity contribution is 6.31. The quantitative estimate of drug-likeness (QED) is 0.880. The molecular weight excluding hydrogens is 260 g/mol. The lowest BCUT2D eigenvalue weighted by atomic mass is 10.1. The minimum absolute atomic E-state index is 0.633. The van der Waals surface area contributed by atoms with E-state index in [0.29, 0.717) is 11.6 Å². The van der Waals surface area contributed by atoms with Gasteiger partial charge in [0, 0.05) is 32.6 Å². The van der Waals surface area contributed by atoms with Gasteiger partial charge in [0.2, 0.25) is 0 Å². The molecule has 0 atom stereocenters. The lowest BCUT2D eigenvalue weighted by Crippen LogP contribution is -2.14. The summed E-state index contributed by atoms with van der Waals surface area (Å²) in [6.07, 6.45) is 3.42. The number of rotatable bonds is 6. The molecule has 1 aromatic heterocycles. The Morgan fingerprint density at radius 1 is 1.11 bits per heavy atom. The molecule has 2 rings (SSSR count). The maximum absolute atomic E-state index is 6.06. The second-order valence-corrected chi connectivity index (χ2v) is 4.68. The van der Waals surface area contributed by atoms with Crippen LogP contribution in [0.4, 0.5) is 0 Å². The molecule has 1 heterocycles. The zero-order chi connectivity index (χ0) is 13.5. The van der Waals surface area contributed by atoms with E-state index in [1.165, 1.54) is 11.1 Å². The first-order valence-electron chi connectivity index (χ1n) is 6.16. The second-order valence-electron chi connectivity index (χ2n) is 4.27. The summed E-state index contributed by atoms with van der Waals surface area (Å²) in [7, 11) is 1.71. The van der Waals surface area contributed by atoms with E-state index in [4.69, 9.17) is 16.3 Å². The molecule has 2 aromatic rings. The third-order valence-electron chi connectivity index (χ3n) is 2.91. The van der Waals surface area contributed by atoms with Gasteiger partial charge in [-0.3, -0.25) is 4.98 Å². The number of nitrogens with zero attached hydrogens (tertiary/aromatic N) is 1. The molecule has 19 heavy (non-hydrogen) atoms. The van der Waals surface area contributed by atoms with Gasteiger partial charge in [0.05, 0.1) is 11.6 Å². The van der Waals surface area contributed by atoms with Gasteiger partial charge in [0.1, 0.15) is 0 Å². The largest absolute Gasteiger partial charge is 0.380 e. The first-order chi connectivity index (χ1) is 9.31. The van der Waals surface area contributed by atoms with Gasteiger partial charge in [-0.25, -0.2) is 0 Å². The molecule has 4 heteroatoms. The standard InChI is InChI=1S/C15H17ClN2O/c1-19-11-14-5-3-2-4-12(14)8-18-9-13-6-7-17-10-15(13)16/h2-7,10,18H,8-9,11H2,1H3. The molecule has 0 saturated heterocycles. The predicted octanol–water partition coefficient (Wildman–Crippen LogP) is 3.17. The molecule has 100 valence electrons. The van der Waals surface area contributed by atoms with Crippen molar-refractivity contribution in [3.05, 3.63) is 64.4 Å². The zero-order valence-corrected chi connectivity index (χ0v) is 11.7. The van der Waals surface area contributed by atoms with Crippen LogP contribution in [0.2, 0.25) is 5.02 Å². The Morgan fingerprint density at radius 3 is 2.58 bits per heavy atom. The summed E-state index contributed by atoms with van der Waals surface area (Å²) in [4.78, 5) is 3.97. The van der Waals surface area contributed by atoms with Crippen LogP contribution >= 0.6 is 11.6 Å². The smallest absolute Gasteiger partial charge is 0.0716 e. The average Bonchev–Trinajstić information content (AvgIpc) is 2.43. The van der Waals surface area contributed by atoms with Gasteiger partial charge in [-0.15, -0.1) is 0 Å². The fourth-order valence-corrected chi connectivity index (χ4v) is 2.09. The van der Waals surface area contributed by atoms with Crippen LogP contribution in [0.1, 0.15) is 16.7 Å². The number of methoxy groups -OCH3 is 1. The van der Waals surface area contributed by atoms with Crippen molar-refractivity contribution in [2.24, 2.45) is 0 Å². The number of nitrogens with one attached hydrogen (secondary N) is 1. The van der Waals surface area contributed by atoms with E-state index in [1.807, 2.05) is 18.2 Å². The molecule has 0 aliphatic carbocycles. The Bertz CT molecular complexity index is 531. The van der Waals surface area contributed by atoms with Gasteiger partial charge in [-0.1, -0.05) is 35.9 Å². The second kappa shape index (κ2) is 7.24. The summed E-state index contributed by atoms with van der Waals surface area (Å²) in [5.41, 5.74) is 3.51. The summed E-state index contributed by atoms with van der Waals surface area (Å²) in [5.74, 6) is 0. The number of benzene rings is 1. The Kier molecular flexibility index (Phi) is 5.33. The van der Waals surface area contributed by atoms with E-state index in [1.54, 1.807) is 19.5 Å². The van der Waals surface area contributed by atoms with Crippen molar-refractivity contribution in [1.82, 2.24) is 10.3 Å². The van der Waals surface area contributed by atoms with Gasteiger partial charge in [-0.05, 0) is 22.8 Å². The van der Waals surface area contributed by atoms with Crippen LogP contribution in [0.25, 0.3) is 0 Å².